The molecule has 0 saturated heterocycles. The van der Waals surface area contributed by atoms with E-state index in [4.69, 9.17) is 11.6 Å². The van der Waals surface area contributed by atoms with Crippen LogP contribution in [0.5, 0.6) is 0 Å². The minimum absolute atomic E-state index is 0.0299. The first-order valence-electron chi connectivity index (χ1n) is 8.71. The summed E-state index contributed by atoms with van der Waals surface area (Å²) in [6.45, 7) is 8.44. The van der Waals surface area contributed by atoms with Gasteiger partial charge in [-0.3, -0.25) is 9.59 Å². The number of amides is 2. The molecule has 2 N–H and O–H groups in total. The van der Waals surface area contributed by atoms with Crippen LogP contribution in [0.1, 0.15) is 49.7 Å². The quantitative estimate of drug-likeness (QED) is 0.729. The van der Waals surface area contributed by atoms with E-state index in [1.165, 1.54) is 0 Å². The van der Waals surface area contributed by atoms with Crippen LogP contribution in [0.4, 0.5) is 0 Å². The summed E-state index contributed by atoms with van der Waals surface area (Å²) in [4.78, 5) is 24.1. The first-order valence-corrected chi connectivity index (χ1v) is 9.08. The lowest BCUT2D eigenvalue weighted by Gasteiger charge is -2.13. The van der Waals surface area contributed by atoms with E-state index in [9.17, 15) is 9.59 Å². The Morgan fingerprint density at radius 2 is 1.69 bits per heavy atom. The van der Waals surface area contributed by atoms with Crippen molar-refractivity contribution in [2.24, 2.45) is 5.92 Å². The fraction of sp³-hybridized carbons (Fsp3) is 0.421. The minimum atomic E-state index is -0.201. The SMILES string of the molecule is CC(C)C(=O)NCCNC(=O)c1cnn(-c2ccc(Cl)cc2)c1C(C)C. The first kappa shape index (κ1) is 20.0. The number of hydrogen-bond donors (Lipinski definition) is 2. The van der Waals surface area contributed by atoms with Crippen LogP contribution in [0.25, 0.3) is 5.69 Å². The molecule has 0 atom stereocenters. The van der Waals surface area contributed by atoms with Gasteiger partial charge in [0.25, 0.3) is 5.91 Å². The monoisotopic (exact) mass is 376 g/mol. The smallest absolute Gasteiger partial charge is 0.254 e. The zero-order valence-corrected chi connectivity index (χ0v) is 16.3. The average molecular weight is 377 g/mol. The van der Waals surface area contributed by atoms with E-state index in [-0.39, 0.29) is 23.7 Å². The van der Waals surface area contributed by atoms with Crippen molar-refractivity contribution in [3.63, 3.8) is 0 Å². The van der Waals surface area contributed by atoms with Gasteiger partial charge in [0.05, 0.1) is 23.1 Å². The molecule has 0 fully saturated rings. The van der Waals surface area contributed by atoms with Crippen LogP contribution in [0.2, 0.25) is 5.02 Å². The summed E-state index contributed by atoms with van der Waals surface area (Å²) in [6.07, 6.45) is 1.58. The van der Waals surface area contributed by atoms with Crippen LogP contribution in [0.15, 0.2) is 30.5 Å². The van der Waals surface area contributed by atoms with Gasteiger partial charge in [0.2, 0.25) is 5.91 Å². The molecular weight excluding hydrogens is 352 g/mol. The van der Waals surface area contributed by atoms with E-state index in [0.717, 1.165) is 11.4 Å². The van der Waals surface area contributed by atoms with Gasteiger partial charge in [-0.1, -0.05) is 39.3 Å². The zero-order valence-electron chi connectivity index (χ0n) is 15.5. The Kier molecular flexibility index (Phi) is 6.80. The van der Waals surface area contributed by atoms with Crippen molar-refractivity contribution in [3.05, 3.63) is 46.7 Å². The van der Waals surface area contributed by atoms with Gasteiger partial charge in [-0.05, 0) is 30.2 Å². The number of carbonyl (C=O) groups is 2. The third-order valence-corrected chi connectivity index (χ3v) is 4.16. The molecule has 2 aromatic rings. The van der Waals surface area contributed by atoms with Crippen LogP contribution in [-0.2, 0) is 4.79 Å². The number of benzene rings is 1. The van der Waals surface area contributed by atoms with E-state index in [2.05, 4.69) is 15.7 Å². The molecule has 0 aliphatic carbocycles. The third kappa shape index (κ3) is 4.85. The van der Waals surface area contributed by atoms with Crippen molar-refractivity contribution in [3.8, 4) is 5.69 Å². The summed E-state index contributed by atoms with van der Waals surface area (Å²) < 4.78 is 1.76. The third-order valence-electron chi connectivity index (χ3n) is 3.90. The van der Waals surface area contributed by atoms with Crippen molar-refractivity contribution in [2.75, 3.05) is 13.1 Å². The Morgan fingerprint density at radius 1 is 1.08 bits per heavy atom. The normalized spacial score (nSPS) is 11.0. The molecule has 0 saturated carbocycles. The van der Waals surface area contributed by atoms with Crippen LogP contribution in [0, 0.1) is 5.92 Å². The van der Waals surface area contributed by atoms with Crippen molar-refractivity contribution in [1.29, 1.82) is 0 Å². The second-order valence-corrected chi connectivity index (χ2v) is 7.12. The molecule has 2 amide bonds. The van der Waals surface area contributed by atoms with Gasteiger partial charge in [0.15, 0.2) is 0 Å². The molecule has 0 radical (unpaired) electrons. The molecule has 140 valence electrons. The molecule has 0 aliphatic heterocycles. The van der Waals surface area contributed by atoms with Crippen molar-refractivity contribution < 1.29 is 9.59 Å². The summed E-state index contributed by atoms with van der Waals surface area (Å²) in [6, 6.07) is 7.31. The number of nitrogens with zero attached hydrogens (tertiary/aromatic N) is 2. The van der Waals surface area contributed by atoms with E-state index in [1.54, 1.807) is 23.0 Å². The van der Waals surface area contributed by atoms with Gasteiger partial charge in [-0.15, -0.1) is 0 Å². The molecule has 0 spiro atoms. The van der Waals surface area contributed by atoms with Gasteiger partial charge in [-0.2, -0.15) is 5.10 Å². The molecule has 0 aliphatic rings. The van der Waals surface area contributed by atoms with Crippen LogP contribution < -0.4 is 10.6 Å². The minimum Gasteiger partial charge on any atom is -0.354 e. The molecule has 0 unspecified atom stereocenters. The molecular formula is C19H25ClN4O2. The summed E-state index contributed by atoms with van der Waals surface area (Å²) >= 11 is 5.95. The Hall–Kier alpha value is -2.34. The van der Waals surface area contributed by atoms with Crippen LogP contribution >= 0.6 is 11.6 Å². The maximum atomic E-state index is 12.5. The molecule has 7 heteroatoms. The molecule has 6 nitrogen and oxygen atoms in total. The highest BCUT2D eigenvalue weighted by Crippen LogP contribution is 2.23. The standard InChI is InChI=1S/C19H25ClN4O2/c1-12(2)17-16(19(26)22-10-9-21-18(25)13(3)4)11-23-24(17)15-7-5-14(20)6-8-15/h5-8,11-13H,9-10H2,1-4H3,(H,21,25)(H,22,26). The van der Waals surface area contributed by atoms with Crippen molar-refractivity contribution >= 4 is 23.4 Å². The summed E-state index contributed by atoms with van der Waals surface area (Å²) in [5.41, 5.74) is 2.21. The van der Waals surface area contributed by atoms with Gasteiger partial charge in [0, 0.05) is 24.0 Å². The Morgan fingerprint density at radius 3 is 2.27 bits per heavy atom. The zero-order chi connectivity index (χ0) is 19.3. The summed E-state index contributed by atoms with van der Waals surface area (Å²) in [5, 5.41) is 10.6. The highest BCUT2D eigenvalue weighted by atomic mass is 35.5. The molecule has 0 bridgehead atoms. The number of halogens is 1. The maximum Gasteiger partial charge on any atom is 0.254 e. The molecule has 1 aromatic carbocycles. The lowest BCUT2D eigenvalue weighted by Crippen LogP contribution is -2.36. The van der Waals surface area contributed by atoms with E-state index in [1.807, 2.05) is 39.8 Å². The van der Waals surface area contributed by atoms with Crippen LogP contribution in [-0.4, -0.2) is 34.7 Å². The van der Waals surface area contributed by atoms with E-state index >= 15 is 0 Å². The fourth-order valence-corrected chi connectivity index (χ4v) is 2.66. The fourth-order valence-electron chi connectivity index (χ4n) is 2.54. The van der Waals surface area contributed by atoms with E-state index < -0.39 is 0 Å². The van der Waals surface area contributed by atoms with Gasteiger partial charge in [-0.25, -0.2) is 4.68 Å². The first-order chi connectivity index (χ1) is 12.3. The summed E-state index contributed by atoms with van der Waals surface area (Å²) in [5.74, 6) is -0.198. The number of aromatic nitrogens is 2. The number of carbonyl (C=O) groups excluding carboxylic acids is 2. The second-order valence-electron chi connectivity index (χ2n) is 6.69. The molecule has 2 rings (SSSR count). The highest BCUT2D eigenvalue weighted by Gasteiger charge is 2.20. The highest BCUT2D eigenvalue weighted by molar-refractivity contribution is 6.30. The number of hydrogen-bond acceptors (Lipinski definition) is 3. The summed E-state index contributed by atoms with van der Waals surface area (Å²) in [7, 11) is 0. The maximum absolute atomic E-state index is 12.5. The molecule has 1 aromatic heterocycles. The molecule has 1 heterocycles. The van der Waals surface area contributed by atoms with Gasteiger partial charge in [0.1, 0.15) is 0 Å². The van der Waals surface area contributed by atoms with Gasteiger partial charge < -0.3 is 10.6 Å². The Balaban J connectivity index is 2.10. The predicted molar refractivity (Wildman–Crippen MR) is 103 cm³/mol. The van der Waals surface area contributed by atoms with Crippen molar-refractivity contribution in [1.82, 2.24) is 20.4 Å². The van der Waals surface area contributed by atoms with E-state index in [0.29, 0.717) is 23.7 Å². The lowest BCUT2D eigenvalue weighted by molar-refractivity contribution is -0.123. The largest absolute Gasteiger partial charge is 0.354 e. The molecule has 26 heavy (non-hydrogen) atoms. The Bertz CT molecular complexity index is 766. The van der Waals surface area contributed by atoms with Crippen LogP contribution in [0.3, 0.4) is 0 Å². The topological polar surface area (TPSA) is 76.0 Å². The van der Waals surface area contributed by atoms with Crippen molar-refractivity contribution in [2.45, 2.75) is 33.6 Å². The Labute approximate surface area is 158 Å². The average Bonchev–Trinajstić information content (AvgIpc) is 3.04. The lowest BCUT2D eigenvalue weighted by atomic mass is 10.1. The predicted octanol–water partition coefficient (Wildman–Crippen LogP) is 3.15. The van der Waals surface area contributed by atoms with Gasteiger partial charge >= 0.3 is 0 Å². The second kappa shape index (κ2) is 8.85. The number of rotatable bonds is 7. The number of nitrogens with one attached hydrogen (secondary N) is 2.